The third-order valence-electron chi connectivity index (χ3n) is 3.08. The van der Waals surface area contributed by atoms with Crippen molar-refractivity contribution in [3.63, 3.8) is 0 Å². The van der Waals surface area contributed by atoms with Crippen LogP contribution >= 0.6 is 11.6 Å². The van der Waals surface area contributed by atoms with Crippen LogP contribution in [-0.4, -0.2) is 21.9 Å². The van der Waals surface area contributed by atoms with Gasteiger partial charge in [-0.3, -0.25) is 4.68 Å². The molecular formula is C15H16ClN3O3. The van der Waals surface area contributed by atoms with Crippen molar-refractivity contribution in [3.8, 4) is 6.07 Å². The van der Waals surface area contributed by atoms with Gasteiger partial charge in [0.25, 0.3) is 0 Å². The summed E-state index contributed by atoms with van der Waals surface area (Å²) in [7, 11) is 0. The van der Waals surface area contributed by atoms with E-state index < -0.39 is 12.1 Å². The summed E-state index contributed by atoms with van der Waals surface area (Å²) in [6.07, 6.45) is 2.89. The molecule has 7 heteroatoms. The van der Waals surface area contributed by atoms with Crippen molar-refractivity contribution in [2.45, 2.75) is 32.9 Å². The second-order valence-corrected chi connectivity index (χ2v) is 5.61. The van der Waals surface area contributed by atoms with Crippen LogP contribution in [0.25, 0.3) is 0 Å². The van der Waals surface area contributed by atoms with Gasteiger partial charge in [0.2, 0.25) is 5.76 Å². The zero-order chi connectivity index (χ0) is 16.1. The summed E-state index contributed by atoms with van der Waals surface area (Å²) in [5.74, 6) is 0.160. The Balaban J connectivity index is 2.01. The number of hydrogen-bond donors (Lipinski definition) is 0. The molecule has 0 saturated heterocycles. The number of furan rings is 1. The summed E-state index contributed by atoms with van der Waals surface area (Å²) >= 11 is 5.78. The van der Waals surface area contributed by atoms with Crippen LogP contribution in [-0.2, 0) is 11.3 Å². The molecule has 2 heterocycles. The molecule has 0 aliphatic heterocycles. The number of carbonyl (C=O) groups excluding carboxylic acids is 1. The van der Waals surface area contributed by atoms with Gasteiger partial charge >= 0.3 is 5.97 Å². The normalized spacial score (nSPS) is 12.1. The predicted molar refractivity (Wildman–Crippen MR) is 79.3 cm³/mol. The number of hydrogen-bond acceptors (Lipinski definition) is 5. The fourth-order valence-electron chi connectivity index (χ4n) is 1.86. The molecule has 1 atom stereocenters. The van der Waals surface area contributed by atoms with E-state index in [2.05, 4.69) is 5.10 Å². The van der Waals surface area contributed by atoms with E-state index in [9.17, 15) is 4.79 Å². The molecule has 0 aliphatic rings. The van der Waals surface area contributed by atoms with E-state index in [-0.39, 0.29) is 18.1 Å². The molecule has 116 valence electrons. The number of rotatable bonds is 6. The summed E-state index contributed by atoms with van der Waals surface area (Å²) in [6, 6.07) is 5.24. The third kappa shape index (κ3) is 4.12. The van der Waals surface area contributed by atoms with Crippen molar-refractivity contribution in [3.05, 3.63) is 41.1 Å². The van der Waals surface area contributed by atoms with Crippen LogP contribution in [0.3, 0.4) is 0 Å². The van der Waals surface area contributed by atoms with Crippen molar-refractivity contribution >= 4 is 17.6 Å². The largest absolute Gasteiger partial charge is 0.455 e. The van der Waals surface area contributed by atoms with E-state index >= 15 is 0 Å². The molecule has 0 aromatic carbocycles. The molecule has 2 rings (SSSR count). The monoisotopic (exact) mass is 321 g/mol. The number of aromatic nitrogens is 2. The van der Waals surface area contributed by atoms with Gasteiger partial charge in [-0.05, 0) is 18.1 Å². The highest BCUT2D eigenvalue weighted by molar-refractivity contribution is 6.30. The minimum atomic E-state index is -0.571. The van der Waals surface area contributed by atoms with Gasteiger partial charge < -0.3 is 9.15 Å². The molecule has 2 aromatic heterocycles. The molecule has 6 nitrogen and oxygen atoms in total. The SMILES string of the molecule is CC(C)C(CC#N)OC(=O)c1ccc(Cn2cc(Cl)cn2)o1. The topological polar surface area (TPSA) is 81.0 Å². The molecule has 2 aromatic rings. The van der Waals surface area contributed by atoms with Gasteiger partial charge in [-0.25, -0.2) is 4.79 Å². The first-order chi connectivity index (χ1) is 10.5. The van der Waals surface area contributed by atoms with E-state index in [0.717, 1.165) is 0 Å². The van der Waals surface area contributed by atoms with Gasteiger partial charge in [-0.1, -0.05) is 25.4 Å². The highest BCUT2D eigenvalue weighted by atomic mass is 35.5. The zero-order valence-corrected chi connectivity index (χ0v) is 13.1. The molecule has 0 fully saturated rings. The number of nitriles is 1. The Labute approximate surface area is 133 Å². The lowest BCUT2D eigenvalue weighted by atomic mass is 10.1. The van der Waals surface area contributed by atoms with Crippen molar-refractivity contribution in [2.75, 3.05) is 0 Å². The van der Waals surface area contributed by atoms with Gasteiger partial charge in [0.15, 0.2) is 0 Å². The molecule has 0 amide bonds. The Morgan fingerprint density at radius 3 is 2.91 bits per heavy atom. The maximum atomic E-state index is 12.0. The molecular weight excluding hydrogens is 306 g/mol. The molecule has 1 unspecified atom stereocenters. The maximum absolute atomic E-state index is 12.0. The van der Waals surface area contributed by atoms with Crippen LogP contribution in [0.5, 0.6) is 0 Å². The first kappa shape index (κ1) is 16.1. The molecule has 0 N–H and O–H groups in total. The van der Waals surface area contributed by atoms with Crippen molar-refractivity contribution in [1.82, 2.24) is 9.78 Å². The van der Waals surface area contributed by atoms with Crippen LogP contribution in [0.4, 0.5) is 0 Å². The first-order valence-corrected chi connectivity index (χ1v) is 7.22. The van der Waals surface area contributed by atoms with Gasteiger partial charge in [-0.2, -0.15) is 10.4 Å². The smallest absolute Gasteiger partial charge is 0.374 e. The number of carbonyl (C=O) groups is 1. The number of ether oxygens (including phenoxy) is 1. The summed E-state index contributed by atoms with van der Waals surface area (Å²) in [6.45, 7) is 4.15. The van der Waals surface area contributed by atoms with Gasteiger partial charge in [0.05, 0.1) is 30.3 Å². The second kappa shape index (κ2) is 7.14. The Hall–Kier alpha value is -2.26. The lowest BCUT2D eigenvalue weighted by molar-refractivity contribution is 0.0162. The summed E-state index contributed by atoms with van der Waals surface area (Å²) in [5, 5.41) is 13.3. The quantitative estimate of drug-likeness (QED) is 0.763. The Morgan fingerprint density at radius 2 is 2.32 bits per heavy atom. The van der Waals surface area contributed by atoms with E-state index in [4.69, 9.17) is 26.0 Å². The van der Waals surface area contributed by atoms with Crippen LogP contribution in [0, 0.1) is 17.2 Å². The molecule has 0 radical (unpaired) electrons. The average molecular weight is 322 g/mol. The predicted octanol–water partition coefficient (Wildman–Crippen LogP) is 3.27. The molecule has 22 heavy (non-hydrogen) atoms. The van der Waals surface area contributed by atoms with E-state index in [0.29, 0.717) is 17.3 Å². The van der Waals surface area contributed by atoms with Gasteiger partial charge in [-0.15, -0.1) is 0 Å². The van der Waals surface area contributed by atoms with E-state index in [1.807, 2.05) is 19.9 Å². The fourth-order valence-corrected chi connectivity index (χ4v) is 2.01. The standard InChI is InChI=1S/C15H16ClN3O3/c1-10(2)13(5-6-17)22-15(20)14-4-3-12(21-14)9-19-8-11(16)7-18-19/h3-4,7-8,10,13H,5,9H2,1-2H3. The van der Waals surface area contributed by atoms with Crippen LogP contribution < -0.4 is 0 Å². The molecule has 0 aliphatic carbocycles. The zero-order valence-electron chi connectivity index (χ0n) is 12.3. The molecule has 0 saturated carbocycles. The highest BCUT2D eigenvalue weighted by Crippen LogP contribution is 2.16. The van der Waals surface area contributed by atoms with Crippen molar-refractivity contribution in [1.29, 1.82) is 5.26 Å². The van der Waals surface area contributed by atoms with Gasteiger partial charge in [0, 0.05) is 6.20 Å². The Bertz CT molecular complexity index is 684. The lowest BCUT2D eigenvalue weighted by Crippen LogP contribution is -2.23. The number of nitrogens with zero attached hydrogens (tertiary/aromatic N) is 3. The minimum absolute atomic E-state index is 0.0595. The molecule has 0 spiro atoms. The van der Waals surface area contributed by atoms with E-state index in [1.165, 1.54) is 6.20 Å². The maximum Gasteiger partial charge on any atom is 0.374 e. The summed E-state index contributed by atoms with van der Waals surface area (Å²) < 4.78 is 12.4. The fraction of sp³-hybridized carbons (Fsp3) is 0.400. The van der Waals surface area contributed by atoms with Crippen molar-refractivity contribution < 1.29 is 13.9 Å². The lowest BCUT2D eigenvalue weighted by Gasteiger charge is -2.17. The minimum Gasteiger partial charge on any atom is -0.455 e. The Morgan fingerprint density at radius 1 is 1.55 bits per heavy atom. The van der Waals surface area contributed by atoms with Crippen LogP contribution in [0.1, 0.15) is 36.6 Å². The van der Waals surface area contributed by atoms with Crippen LogP contribution in [0.15, 0.2) is 28.9 Å². The summed E-state index contributed by atoms with van der Waals surface area (Å²) in [5.41, 5.74) is 0. The van der Waals surface area contributed by atoms with Gasteiger partial charge in [0.1, 0.15) is 11.9 Å². The highest BCUT2D eigenvalue weighted by Gasteiger charge is 2.21. The second-order valence-electron chi connectivity index (χ2n) is 5.17. The third-order valence-corrected chi connectivity index (χ3v) is 3.27. The molecule has 0 bridgehead atoms. The number of halogens is 1. The van der Waals surface area contributed by atoms with Crippen molar-refractivity contribution in [2.24, 2.45) is 5.92 Å². The Kier molecular flexibility index (Phi) is 5.23. The first-order valence-electron chi connectivity index (χ1n) is 6.84. The van der Waals surface area contributed by atoms with E-state index in [1.54, 1.807) is 23.0 Å². The summed E-state index contributed by atoms with van der Waals surface area (Å²) in [4.78, 5) is 12.0. The number of esters is 1. The van der Waals surface area contributed by atoms with Crippen LogP contribution in [0.2, 0.25) is 5.02 Å². The average Bonchev–Trinajstić information content (AvgIpc) is 3.08.